The Hall–Kier alpha value is -6.04. The van der Waals surface area contributed by atoms with E-state index in [1.165, 1.54) is 30.7 Å². The monoisotopic (exact) mass is 852 g/mol. The lowest BCUT2D eigenvalue weighted by atomic mass is 10.0. The highest BCUT2D eigenvalue weighted by Crippen LogP contribution is 2.31. The number of hydrogen-bond donors (Lipinski definition) is 4. The molecule has 6 rings (SSSR count). The summed E-state index contributed by atoms with van der Waals surface area (Å²) in [5.41, 5.74) is 1.74. The van der Waals surface area contributed by atoms with Crippen molar-refractivity contribution in [2.45, 2.75) is 70.0 Å². The zero-order chi connectivity index (χ0) is 44.3. The second kappa shape index (κ2) is 21.0. The summed E-state index contributed by atoms with van der Waals surface area (Å²) in [6.07, 6.45) is -4.48. The lowest BCUT2D eigenvalue weighted by Gasteiger charge is -2.29. The van der Waals surface area contributed by atoms with E-state index in [2.05, 4.69) is 9.88 Å². The molecular weight excluding hydrogens is 807 g/mol. The molecule has 0 aliphatic carbocycles. The van der Waals surface area contributed by atoms with Gasteiger partial charge >= 0.3 is 18.1 Å². The first-order valence-corrected chi connectivity index (χ1v) is 19.5. The van der Waals surface area contributed by atoms with Crippen LogP contribution in [0.5, 0.6) is 0 Å². The number of likely N-dealkylation sites (tertiary alicyclic amines) is 1. The molecule has 1 saturated heterocycles. The Morgan fingerprint density at radius 1 is 0.770 bits per heavy atom. The summed E-state index contributed by atoms with van der Waals surface area (Å²) < 4.78 is 69.4. The quantitative estimate of drug-likeness (QED) is 0.0926. The SMILES string of the molecule is O=C(Cn1c(CCc2cccc(F)c2F)nc(=O)c2ccccc21)N(CCCN1CCCCC1)Cc1ccc(-c2ccc(C(F)(F)F)cc2)cc1.O=C(O)[C@H](O)[C@@H](O)C(=O)O. The maximum Gasteiger partial charge on any atom is 0.416 e. The van der Waals surface area contributed by atoms with Crippen LogP contribution in [0.15, 0.2) is 95.8 Å². The third-order valence-corrected chi connectivity index (χ3v) is 10.3. The molecule has 0 spiro atoms. The summed E-state index contributed by atoms with van der Waals surface area (Å²) in [6, 6.07) is 23.3. The molecule has 12 nitrogen and oxygen atoms in total. The van der Waals surface area contributed by atoms with Crippen LogP contribution in [0.1, 0.15) is 48.2 Å². The van der Waals surface area contributed by atoms with E-state index < -0.39 is 53.1 Å². The first-order valence-electron chi connectivity index (χ1n) is 19.5. The summed E-state index contributed by atoms with van der Waals surface area (Å²) in [5.74, 6) is -5.35. The maximum atomic E-state index is 14.5. The molecule has 0 saturated carbocycles. The van der Waals surface area contributed by atoms with Gasteiger partial charge in [-0.2, -0.15) is 18.2 Å². The van der Waals surface area contributed by atoms with E-state index in [-0.39, 0.29) is 30.9 Å². The van der Waals surface area contributed by atoms with Gasteiger partial charge in [0.25, 0.3) is 5.56 Å². The summed E-state index contributed by atoms with van der Waals surface area (Å²) in [6.45, 7) is 3.56. The number of nitrogens with zero attached hydrogens (tertiary/aromatic N) is 4. The van der Waals surface area contributed by atoms with Crippen LogP contribution in [0.2, 0.25) is 0 Å². The van der Waals surface area contributed by atoms with E-state index in [0.29, 0.717) is 35.4 Å². The van der Waals surface area contributed by atoms with Crippen LogP contribution in [0, 0.1) is 11.6 Å². The average Bonchev–Trinajstić information content (AvgIpc) is 3.25. The molecule has 324 valence electrons. The van der Waals surface area contributed by atoms with Crippen molar-refractivity contribution < 1.29 is 56.8 Å². The molecule has 2 heterocycles. The number of carbonyl (C=O) groups excluding carboxylic acids is 1. The van der Waals surface area contributed by atoms with Crippen molar-refractivity contribution >= 4 is 28.7 Å². The van der Waals surface area contributed by atoms with Gasteiger partial charge < -0.3 is 34.8 Å². The first-order chi connectivity index (χ1) is 29.0. The van der Waals surface area contributed by atoms with Gasteiger partial charge in [0.15, 0.2) is 23.8 Å². The number of rotatable bonds is 15. The number of hydrogen-bond acceptors (Lipinski definition) is 8. The molecule has 17 heteroatoms. The van der Waals surface area contributed by atoms with Crippen LogP contribution in [0.3, 0.4) is 0 Å². The fraction of sp³-hybridized carbons (Fsp3) is 0.341. The fourth-order valence-corrected chi connectivity index (χ4v) is 6.96. The van der Waals surface area contributed by atoms with Crippen molar-refractivity contribution in [3.63, 3.8) is 0 Å². The van der Waals surface area contributed by atoms with E-state index in [9.17, 15) is 41.1 Å². The van der Waals surface area contributed by atoms with Gasteiger partial charge in [0, 0.05) is 19.5 Å². The van der Waals surface area contributed by atoms with Crippen molar-refractivity contribution in [2.24, 2.45) is 0 Å². The predicted octanol–water partition coefficient (Wildman–Crippen LogP) is 5.93. The molecule has 1 fully saturated rings. The Morgan fingerprint density at radius 3 is 1.98 bits per heavy atom. The Labute approximate surface area is 347 Å². The van der Waals surface area contributed by atoms with E-state index in [0.717, 1.165) is 68.2 Å². The summed E-state index contributed by atoms with van der Waals surface area (Å²) in [5, 5.41) is 32.9. The molecule has 0 unspecified atom stereocenters. The second-order valence-corrected chi connectivity index (χ2v) is 14.6. The highest BCUT2D eigenvalue weighted by atomic mass is 19.4. The lowest BCUT2D eigenvalue weighted by Crippen LogP contribution is -2.39. The van der Waals surface area contributed by atoms with Crippen LogP contribution in [0.4, 0.5) is 22.0 Å². The van der Waals surface area contributed by atoms with Gasteiger partial charge in [0.1, 0.15) is 12.4 Å². The molecular formula is C44H45F5N4O8. The van der Waals surface area contributed by atoms with Gasteiger partial charge in [-0.15, -0.1) is 0 Å². The van der Waals surface area contributed by atoms with Crippen molar-refractivity contribution in [1.29, 1.82) is 0 Å². The van der Waals surface area contributed by atoms with Gasteiger partial charge in [-0.05, 0) is 97.9 Å². The molecule has 5 aromatic rings. The minimum atomic E-state index is -4.41. The topological polar surface area (TPSA) is 174 Å². The normalized spacial score (nSPS) is 14.1. The number of amides is 1. The number of piperidine rings is 1. The highest BCUT2D eigenvalue weighted by Gasteiger charge is 2.30. The molecule has 1 aliphatic heterocycles. The predicted molar refractivity (Wildman–Crippen MR) is 214 cm³/mol. The van der Waals surface area contributed by atoms with Crippen molar-refractivity contribution in [1.82, 2.24) is 19.4 Å². The number of para-hydroxylation sites is 1. The molecule has 61 heavy (non-hydrogen) atoms. The fourth-order valence-electron chi connectivity index (χ4n) is 6.96. The number of aliphatic hydroxyl groups excluding tert-OH is 2. The van der Waals surface area contributed by atoms with Gasteiger partial charge in [-0.3, -0.25) is 9.59 Å². The number of alkyl halides is 3. The first kappa shape index (κ1) is 46.0. The molecule has 0 radical (unpaired) electrons. The summed E-state index contributed by atoms with van der Waals surface area (Å²) >= 11 is 0. The number of aromatic nitrogens is 2. The zero-order valence-electron chi connectivity index (χ0n) is 32.9. The number of fused-ring (bicyclic) bond motifs is 1. The third-order valence-electron chi connectivity index (χ3n) is 10.3. The number of benzene rings is 4. The molecule has 1 aromatic heterocycles. The largest absolute Gasteiger partial charge is 0.479 e. The smallest absolute Gasteiger partial charge is 0.416 e. The number of aliphatic carboxylic acids is 2. The van der Waals surface area contributed by atoms with E-state index >= 15 is 0 Å². The Morgan fingerprint density at radius 2 is 1.38 bits per heavy atom. The molecule has 2 atom stereocenters. The van der Waals surface area contributed by atoms with Gasteiger partial charge in [0.05, 0.1) is 16.5 Å². The molecule has 0 bridgehead atoms. The standard InChI is InChI=1S/C40H39F5N4O2.C4H6O6/c41-34-10-6-8-31(38(34)42)18-21-36-46-39(51)33-9-2-3-11-35(33)49(36)27-37(50)48(25-7-24-47-22-4-1-5-23-47)26-28-12-14-29(15-13-28)30-16-19-32(20-17-30)40(43,44)45;5-1(3(7)8)2(6)4(9)10/h2-3,6,8-17,19-20H,1,4-5,7,18,21-27H2;1-2,5-6H,(H,7,8)(H,9,10)/t;1-,2-/m.1/s1. The highest BCUT2D eigenvalue weighted by molar-refractivity contribution is 5.83. The molecule has 1 aliphatic rings. The zero-order valence-corrected chi connectivity index (χ0v) is 32.9. The van der Waals surface area contributed by atoms with Crippen LogP contribution < -0.4 is 5.56 Å². The number of carboxylic acids is 2. The van der Waals surface area contributed by atoms with Crippen molar-refractivity contribution in [3.8, 4) is 11.1 Å². The van der Waals surface area contributed by atoms with Crippen LogP contribution >= 0.6 is 0 Å². The molecule has 4 N–H and O–H groups in total. The average molecular weight is 853 g/mol. The van der Waals surface area contributed by atoms with Crippen LogP contribution in [-0.4, -0.2) is 96.0 Å². The summed E-state index contributed by atoms with van der Waals surface area (Å²) in [4.78, 5) is 55.3. The maximum absolute atomic E-state index is 14.5. The number of carbonyl (C=O) groups is 3. The number of aryl methyl sites for hydroxylation is 2. The lowest BCUT2D eigenvalue weighted by molar-refractivity contribution is -0.165. The summed E-state index contributed by atoms with van der Waals surface area (Å²) in [7, 11) is 0. The van der Waals surface area contributed by atoms with Gasteiger partial charge in [0.2, 0.25) is 5.91 Å². The van der Waals surface area contributed by atoms with E-state index in [1.807, 2.05) is 24.3 Å². The number of aliphatic hydroxyl groups is 2. The van der Waals surface area contributed by atoms with E-state index in [4.69, 9.17) is 20.4 Å². The van der Waals surface area contributed by atoms with Crippen molar-refractivity contribution in [2.75, 3.05) is 26.2 Å². The Bertz CT molecular complexity index is 2330. The third kappa shape index (κ3) is 12.5. The van der Waals surface area contributed by atoms with E-state index in [1.54, 1.807) is 33.7 Å². The minimum Gasteiger partial charge on any atom is -0.479 e. The molecule has 4 aromatic carbocycles. The minimum absolute atomic E-state index is 0.0768. The van der Waals surface area contributed by atoms with Crippen molar-refractivity contribution in [3.05, 3.63) is 135 Å². The Balaban J connectivity index is 0.000000626. The van der Waals surface area contributed by atoms with Crippen LogP contribution in [0.25, 0.3) is 22.0 Å². The number of halogens is 5. The number of carboxylic acid groups (broad SMARTS) is 2. The van der Waals surface area contributed by atoms with Gasteiger partial charge in [-0.1, -0.05) is 67.1 Å². The second-order valence-electron chi connectivity index (χ2n) is 14.6. The molecule has 1 amide bonds. The van der Waals surface area contributed by atoms with Crippen LogP contribution in [-0.2, 0) is 46.5 Å². The van der Waals surface area contributed by atoms with Gasteiger partial charge in [-0.25, -0.2) is 18.4 Å². The Kier molecular flexibility index (Phi) is 15.8.